The number of hydrogen-bond acceptors (Lipinski definition) is 8. The summed E-state index contributed by atoms with van der Waals surface area (Å²) in [5.41, 5.74) is 1.16. The average Bonchev–Trinajstić information content (AvgIpc) is 3.53. The normalized spacial score (nSPS) is 20.8. The Labute approximate surface area is 184 Å². The molecule has 3 aromatic heterocycles. The van der Waals surface area contributed by atoms with Gasteiger partial charge in [-0.3, -0.25) is 9.48 Å². The number of hydrogen-bond donors (Lipinski definition) is 0. The van der Waals surface area contributed by atoms with Crippen molar-refractivity contribution >= 4 is 33.0 Å². The highest BCUT2D eigenvalue weighted by Crippen LogP contribution is 2.32. The first kappa shape index (κ1) is 20.1. The molecule has 5 heterocycles. The van der Waals surface area contributed by atoms with Crippen LogP contribution in [0.5, 0.6) is 0 Å². The SMILES string of the molecule is O=C(c1cc(-c2cccs2)n(C2CCS(=O)(=O)C2)n1)N1CCN(c2ncccn2)CC1. The van der Waals surface area contributed by atoms with Gasteiger partial charge in [0.2, 0.25) is 5.95 Å². The molecule has 0 aromatic carbocycles. The first-order valence-corrected chi connectivity index (χ1v) is 12.9. The number of sulfone groups is 1. The molecule has 1 amide bonds. The van der Waals surface area contributed by atoms with Crippen LogP contribution >= 0.6 is 11.3 Å². The minimum absolute atomic E-state index is 0.0659. The van der Waals surface area contributed by atoms with Gasteiger partial charge in [0.25, 0.3) is 5.91 Å². The molecule has 2 saturated heterocycles. The quantitative estimate of drug-likeness (QED) is 0.587. The highest BCUT2D eigenvalue weighted by atomic mass is 32.2. The number of thiophene rings is 1. The van der Waals surface area contributed by atoms with Gasteiger partial charge in [-0.05, 0) is 30.0 Å². The number of piperazine rings is 1. The van der Waals surface area contributed by atoms with Crippen molar-refractivity contribution in [3.8, 4) is 10.6 Å². The Morgan fingerprint density at radius 1 is 1.10 bits per heavy atom. The van der Waals surface area contributed by atoms with Crippen LogP contribution in [0.1, 0.15) is 23.0 Å². The van der Waals surface area contributed by atoms with Crippen molar-refractivity contribution in [3.63, 3.8) is 0 Å². The van der Waals surface area contributed by atoms with Crippen LogP contribution in [0.4, 0.5) is 5.95 Å². The van der Waals surface area contributed by atoms with Crippen molar-refractivity contribution in [2.75, 3.05) is 42.6 Å². The molecule has 11 heteroatoms. The lowest BCUT2D eigenvalue weighted by Gasteiger charge is -2.34. The van der Waals surface area contributed by atoms with Gasteiger partial charge < -0.3 is 9.80 Å². The maximum Gasteiger partial charge on any atom is 0.274 e. The van der Waals surface area contributed by atoms with Crippen molar-refractivity contribution < 1.29 is 13.2 Å². The molecule has 2 fully saturated rings. The van der Waals surface area contributed by atoms with Gasteiger partial charge in [-0.25, -0.2) is 18.4 Å². The summed E-state index contributed by atoms with van der Waals surface area (Å²) in [6.45, 7) is 2.40. The Hall–Kier alpha value is -2.79. The Bertz CT molecular complexity index is 1170. The number of nitrogens with zero attached hydrogens (tertiary/aromatic N) is 6. The predicted molar refractivity (Wildman–Crippen MR) is 118 cm³/mol. The zero-order chi connectivity index (χ0) is 21.4. The van der Waals surface area contributed by atoms with Crippen LogP contribution in [0.15, 0.2) is 42.0 Å². The van der Waals surface area contributed by atoms with Gasteiger partial charge in [-0.2, -0.15) is 5.10 Å². The lowest BCUT2D eigenvalue weighted by atomic mass is 10.2. The van der Waals surface area contributed by atoms with Crippen LogP contribution < -0.4 is 4.90 Å². The van der Waals surface area contributed by atoms with E-state index in [9.17, 15) is 13.2 Å². The maximum atomic E-state index is 13.2. The van der Waals surface area contributed by atoms with Crippen LogP contribution in [0.2, 0.25) is 0 Å². The van der Waals surface area contributed by atoms with Crippen molar-refractivity contribution in [2.24, 2.45) is 0 Å². The predicted octanol–water partition coefficient (Wildman–Crippen LogP) is 1.72. The lowest BCUT2D eigenvalue weighted by Crippen LogP contribution is -2.49. The summed E-state index contributed by atoms with van der Waals surface area (Å²) in [5, 5.41) is 6.56. The molecule has 3 aromatic rings. The van der Waals surface area contributed by atoms with E-state index in [4.69, 9.17) is 0 Å². The minimum Gasteiger partial charge on any atom is -0.337 e. The van der Waals surface area contributed by atoms with Crippen LogP contribution in [0.3, 0.4) is 0 Å². The number of rotatable bonds is 4. The highest BCUT2D eigenvalue weighted by molar-refractivity contribution is 7.91. The molecular weight excluding hydrogens is 436 g/mol. The van der Waals surface area contributed by atoms with E-state index in [0.717, 1.165) is 10.6 Å². The third-order valence-electron chi connectivity index (χ3n) is 5.68. The molecule has 1 atom stereocenters. The Morgan fingerprint density at radius 3 is 2.52 bits per heavy atom. The van der Waals surface area contributed by atoms with E-state index < -0.39 is 9.84 Å². The third kappa shape index (κ3) is 4.07. The zero-order valence-electron chi connectivity index (χ0n) is 16.8. The second-order valence-electron chi connectivity index (χ2n) is 7.72. The molecule has 0 bridgehead atoms. The molecule has 162 valence electrons. The third-order valence-corrected chi connectivity index (χ3v) is 8.33. The molecule has 2 aliphatic rings. The second-order valence-corrected chi connectivity index (χ2v) is 10.9. The molecule has 0 aliphatic carbocycles. The number of carbonyl (C=O) groups is 1. The van der Waals surface area contributed by atoms with E-state index in [2.05, 4.69) is 20.0 Å². The summed E-state index contributed by atoms with van der Waals surface area (Å²) in [5.74, 6) is 0.761. The van der Waals surface area contributed by atoms with Crippen LogP contribution in [-0.2, 0) is 9.84 Å². The van der Waals surface area contributed by atoms with Gasteiger partial charge in [0.15, 0.2) is 15.5 Å². The number of carbonyl (C=O) groups excluding carboxylic acids is 1. The first-order valence-electron chi connectivity index (χ1n) is 10.2. The number of anilines is 1. The van der Waals surface area contributed by atoms with E-state index in [1.807, 2.05) is 17.5 Å². The van der Waals surface area contributed by atoms with E-state index in [0.29, 0.717) is 44.2 Å². The van der Waals surface area contributed by atoms with E-state index in [-0.39, 0.29) is 23.5 Å². The van der Waals surface area contributed by atoms with Crippen LogP contribution in [-0.4, -0.2) is 76.7 Å². The number of aromatic nitrogens is 4. The minimum atomic E-state index is -3.06. The molecule has 2 aliphatic heterocycles. The summed E-state index contributed by atoms with van der Waals surface area (Å²) in [6, 6.07) is 7.24. The average molecular weight is 459 g/mol. The molecule has 0 N–H and O–H groups in total. The van der Waals surface area contributed by atoms with Crippen LogP contribution in [0.25, 0.3) is 10.6 Å². The second kappa shape index (κ2) is 8.04. The van der Waals surface area contributed by atoms with Crippen molar-refractivity contribution in [3.05, 3.63) is 47.7 Å². The van der Waals surface area contributed by atoms with Gasteiger partial charge in [0, 0.05) is 38.6 Å². The Morgan fingerprint density at radius 2 is 1.87 bits per heavy atom. The van der Waals surface area contributed by atoms with Crippen molar-refractivity contribution in [1.82, 2.24) is 24.6 Å². The Kier molecular flexibility index (Phi) is 5.22. The lowest BCUT2D eigenvalue weighted by molar-refractivity contribution is 0.0739. The fraction of sp³-hybridized carbons (Fsp3) is 0.400. The van der Waals surface area contributed by atoms with E-state index in [1.54, 1.807) is 45.4 Å². The van der Waals surface area contributed by atoms with Gasteiger partial charge in [-0.15, -0.1) is 11.3 Å². The monoisotopic (exact) mass is 458 g/mol. The standard InChI is InChI=1S/C20H22N6O3S2/c27-19(24-7-9-25(10-8-24)20-21-5-2-6-22-20)16-13-17(18-3-1-11-30-18)26(23-16)15-4-12-31(28,29)14-15/h1-3,5-6,11,13,15H,4,7-10,12,14H2. The van der Waals surface area contributed by atoms with Crippen molar-refractivity contribution in [1.29, 1.82) is 0 Å². The smallest absolute Gasteiger partial charge is 0.274 e. The fourth-order valence-corrected chi connectivity index (χ4v) is 6.51. The van der Waals surface area contributed by atoms with Crippen molar-refractivity contribution in [2.45, 2.75) is 12.5 Å². The number of amides is 1. The molecule has 9 nitrogen and oxygen atoms in total. The van der Waals surface area contributed by atoms with Gasteiger partial charge >= 0.3 is 0 Å². The first-order chi connectivity index (χ1) is 15.0. The summed E-state index contributed by atoms with van der Waals surface area (Å²) in [4.78, 5) is 26.6. The topological polar surface area (TPSA) is 101 Å². The zero-order valence-corrected chi connectivity index (χ0v) is 18.4. The molecule has 1 unspecified atom stereocenters. The largest absolute Gasteiger partial charge is 0.337 e. The molecular formula is C20H22N6O3S2. The highest BCUT2D eigenvalue weighted by Gasteiger charge is 2.33. The summed E-state index contributed by atoms with van der Waals surface area (Å²) in [6.07, 6.45) is 3.94. The molecule has 0 saturated carbocycles. The summed E-state index contributed by atoms with van der Waals surface area (Å²) >= 11 is 1.55. The van der Waals surface area contributed by atoms with E-state index >= 15 is 0 Å². The molecule has 31 heavy (non-hydrogen) atoms. The van der Waals surface area contributed by atoms with E-state index in [1.165, 1.54) is 0 Å². The summed E-state index contributed by atoms with van der Waals surface area (Å²) < 4.78 is 25.8. The molecule has 0 radical (unpaired) electrons. The fourth-order valence-electron chi connectivity index (χ4n) is 4.08. The van der Waals surface area contributed by atoms with Crippen LogP contribution in [0, 0.1) is 0 Å². The molecule has 5 rings (SSSR count). The Balaban J connectivity index is 1.37. The van der Waals surface area contributed by atoms with Gasteiger partial charge in [0.1, 0.15) is 0 Å². The summed E-state index contributed by atoms with van der Waals surface area (Å²) in [7, 11) is -3.06. The van der Waals surface area contributed by atoms with Gasteiger partial charge in [-0.1, -0.05) is 6.07 Å². The molecule has 0 spiro atoms. The van der Waals surface area contributed by atoms with Gasteiger partial charge in [0.05, 0.1) is 28.1 Å². The maximum absolute atomic E-state index is 13.2.